The number of aldehydes is 1. The van der Waals surface area contributed by atoms with Crippen LogP contribution < -0.4 is 5.32 Å². The van der Waals surface area contributed by atoms with E-state index in [0.29, 0.717) is 11.3 Å². The third-order valence-electron chi connectivity index (χ3n) is 3.53. The molecule has 1 heterocycles. The molecule has 0 aliphatic heterocycles. The standard InChI is InChI=1S/C16H15NO2S/c18-10-11-5-7-13(8-6-11)17-16(19)15-9-12-3-1-2-4-14(12)20-15/h5-10H,1-4H2,(H,17,19). The van der Waals surface area contributed by atoms with Gasteiger partial charge in [0, 0.05) is 16.1 Å². The number of benzene rings is 1. The van der Waals surface area contributed by atoms with Gasteiger partial charge in [0.15, 0.2) is 0 Å². The first kappa shape index (κ1) is 13.1. The van der Waals surface area contributed by atoms with Crippen LogP contribution in [0.4, 0.5) is 5.69 Å². The second kappa shape index (κ2) is 5.59. The van der Waals surface area contributed by atoms with E-state index in [1.807, 2.05) is 6.07 Å². The maximum absolute atomic E-state index is 12.2. The fourth-order valence-electron chi connectivity index (χ4n) is 2.44. The predicted octanol–water partition coefficient (Wildman–Crippen LogP) is 3.69. The Morgan fingerprint density at radius 1 is 1.15 bits per heavy atom. The van der Waals surface area contributed by atoms with E-state index in [1.165, 1.54) is 23.3 Å². The summed E-state index contributed by atoms with van der Waals surface area (Å²) in [6.45, 7) is 0. The number of anilines is 1. The number of thiophene rings is 1. The molecule has 1 aliphatic carbocycles. The zero-order valence-electron chi connectivity index (χ0n) is 11.0. The Kier molecular flexibility index (Phi) is 3.65. The maximum atomic E-state index is 12.2. The van der Waals surface area contributed by atoms with Gasteiger partial charge in [0.05, 0.1) is 4.88 Å². The molecule has 0 saturated carbocycles. The number of amides is 1. The highest BCUT2D eigenvalue weighted by atomic mass is 32.1. The van der Waals surface area contributed by atoms with Gasteiger partial charge in [0.25, 0.3) is 5.91 Å². The molecule has 0 unspecified atom stereocenters. The molecule has 0 spiro atoms. The summed E-state index contributed by atoms with van der Waals surface area (Å²) >= 11 is 1.60. The summed E-state index contributed by atoms with van der Waals surface area (Å²) in [5.41, 5.74) is 2.66. The molecular formula is C16H15NO2S. The first-order chi connectivity index (χ1) is 9.76. The van der Waals surface area contributed by atoms with Crippen LogP contribution >= 0.6 is 11.3 Å². The van der Waals surface area contributed by atoms with Crippen molar-refractivity contribution >= 4 is 29.2 Å². The van der Waals surface area contributed by atoms with E-state index in [2.05, 4.69) is 5.32 Å². The Morgan fingerprint density at radius 3 is 2.60 bits per heavy atom. The van der Waals surface area contributed by atoms with Gasteiger partial charge in [-0.25, -0.2) is 0 Å². The molecule has 1 aromatic carbocycles. The number of carbonyl (C=O) groups excluding carboxylic acids is 2. The van der Waals surface area contributed by atoms with Crippen LogP contribution in [0, 0.1) is 0 Å². The first-order valence-electron chi connectivity index (χ1n) is 6.74. The van der Waals surface area contributed by atoms with Crippen LogP contribution in [0.1, 0.15) is 43.3 Å². The SMILES string of the molecule is O=Cc1ccc(NC(=O)c2cc3c(s2)CCCC3)cc1. The van der Waals surface area contributed by atoms with Crippen molar-refractivity contribution < 1.29 is 9.59 Å². The summed E-state index contributed by atoms with van der Waals surface area (Å²) in [6.07, 6.45) is 5.42. The second-order valence-electron chi connectivity index (χ2n) is 4.96. The van der Waals surface area contributed by atoms with Crippen LogP contribution in [0.3, 0.4) is 0 Å². The molecule has 0 radical (unpaired) electrons. The Balaban J connectivity index is 1.75. The molecule has 4 heteroatoms. The lowest BCUT2D eigenvalue weighted by molar-refractivity contribution is 0.103. The van der Waals surface area contributed by atoms with Crippen LogP contribution in [0.25, 0.3) is 0 Å². The molecule has 1 aromatic heterocycles. The smallest absolute Gasteiger partial charge is 0.265 e. The number of rotatable bonds is 3. The van der Waals surface area contributed by atoms with E-state index >= 15 is 0 Å². The van der Waals surface area contributed by atoms with Crippen molar-refractivity contribution in [2.45, 2.75) is 25.7 Å². The molecule has 0 bridgehead atoms. The lowest BCUT2D eigenvalue weighted by atomic mass is 9.99. The number of carbonyl (C=O) groups is 2. The summed E-state index contributed by atoms with van der Waals surface area (Å²) in [5.74, 6) is -0.0664. The normalized spacial score (nSPS) is 13.6. The molecule has 1 N–H and O–H groups in total. The van der Waals surface area contributed by atoms with Gasteiger partial charge >= 0.3 is 0 Å². The molecule has 3 rings (SSSR count). The van der Waals surface area contributed by atoms with Crippen LogP contribution in [0.2, 0.25) is 0 Å². The molecule has 0 atom stereocenters. The van der Waals surface area contributed by atoms with Gasteiger partial charge in [0.1, 0.15) is 6.29 Å². The Hall–Kier alpha value is -1.94. The molecular weight excluding hydrogens is 270 g/mol. The summed E-state index contributed by atoms with van der Waals surface area (Å²) in [7, 11) is 0. The van der Waals surface area contributed by atoms with Crippen LogP contribution in [-0.2, 0) is 12.8 Å². The average Bonchev–Trinajstić information content (AvgIpc) is 2.92. The fraction of sp³-hybridized carbons (Fsp3) is 0.250. The van der Waals surface area contributed by atoms with Crippen molar-refractivity contribution in [1.29, 1.82) is 0 Å². The summed E-state index contributed by atoms with van der Waals surface area (Å²) in [4.78, 5) is 24.9. The Labute approximate surface area is 121 Å². The lowest BCUT2D eigenvalue weighted by Gasteiger charge is -2.08. The number of hydrogen-bond donors (Lipinski definition) is 1. The quantitative estimate of drug-likeness (QED) is 0.874. The highest BCUT2D eigenvalue weighted by Gasteiger charge is 2.17. The maximum Gasteiger partial charge on any atom is 0.265 e. The zero-order valence-corrected chi connectivity index (χ0v) is 11.8. The minimum atomic E-state index is -0.0664. The van der Waals surface area contributed by atoms with Gasteiger partial charge in [0.2, 0.25) is 0 Å². The van der Waals surface area contributed by atoms with E-state index in [0.717, 1.165) is 24.0 Å². The van der Waals surface area contributed by atoms with E-state index < -0.39 is 0 Å². The van der Waals surface area contributed by atoms with Crippen molar-refractivity contribution in [2.75, 3.05) is 5.32 Å². The topological polar surface area (TPSA) is 46.2 Å². The largest absolute Gasteiger partial charge is 0.321 e. The van der Waals surface area contributed by atoms with Crippen LogP contribution in [-0.4, -0.2) is 12.2 Å². The van der Waals surface area contributed by atoms with Gasteiger partial charge in [-0.2, -0.15) is 0 Å². The van der Waals surface area contributed by atoms with Crippen molar-refractivity contribution in [3.8, 4) is 0 Å². The van der Waals surface area contributed by atoms with E-state index in [1.54, 1.807) is 35.6 Å². The van der Waals surface area contributed by atoms with Gasteiger partial charge < -0.3 is 5.32 Å². The number of fused-ring (bicyclic) bond motifs is 1. The highest BCUT2D eigenvalue weighted by molar-refractivity contribution is 7.14. The third kappa shape index (κ3) is 2.65. The van der Waals surface area contributed by atoms with Crippen molar-refractivity contribution in [3.63, 3.8) is 0 Å². The molecule has 2 aromatic rings. The monoisotopic (exact) mass is 285 g/mol. The minimum absolute atomic E-state index is 0.0664. The molecule has 20 heavy (non-hydrogen) atoms. The second-order valence-corrected chi connectivity index (χ2v) is 6.10. The molecule has 3 nitrogen and oxygen atoms in total. The van der Waals surface area contributed by atoms with Gasteiger partial charge in [-0.05, 0) is 61.6 Å². The summed E-state index contributed by atoms with van der Waals surface area (Å²) in [5, 5.41) is 2.87. The molecule has 102 valence electrons. The van der Waals surface area contributed by atoms with Crippen molar-refractivity contribution in [3.05, 3.63) is 51.2 Å². The Morgan fingerprint density at radius 2 is 1.90 bits per heavy atom. The number of nitrogens with one attached hydrogen (secondary N) is 1. The van der Waals surface area contributed by atoms with Crippen molar-refractivity contribution in [2.24, 2.45) is 0 Å². The van der Waals surface area contributed by atoms with Crippen molar-refractivity contribution in [1.82, 2.24) is 0 Å². The van der Waals surface area contributed by atoms with Crippen LogP contribution in [0.5, 0.6) is 0 Å². The highest BCUT2D eigenvalue weighted by Crippen LogP contribution is 2.30. The summed E-state index contributed by atoms with van der Waals surface area (Å²) < 4.78 is 0. The van der Waals surface area contributed by atoms with E-state index in [4.69, 9.17) is 0 Å². The molecule has 1 amide bonds. The average molecular weight is 285 g/mol. The minimum Gasteiger partial charge on any atom is -0.321 e. The summed E-state index contributed by atoms with van der Waals surface area (Å²) in [6, 6.07) is 8.91. The molecule has 0 saturated heterocycles. The number of hydrogen-bond acceptors (Lipinski definition) is 3. The Bertz CT molecular complexity index is 619. The van der Waals surface area contributed by atoms with Gasteiger partial charge in [-0.15, -0.1) is 11.3 Å². The predicted molar refractivity (Wildman–Crippen MR) is 80.7 cm³/mol. The van der Waals surface area contributed by atoms with Gasteiger partial charge in [-0.3, -0.25) is 9.59 Å². The molecule has 1 aliphatic rings. The lowest BCUT2D eigenvalue weighted by Crippen LogP contribution is -2.10. The van der Waals surface area contributed by atoms with E-state index in [9.17, 15) is 9.59 Å². The zero-order chi connectivity index (χ0) is 13.9. The number of aryl methyl sites for hydroxylation is 2. The van der Waals surface area contributed by atoms with Gasteiger partial charge in [-0.1, -0.05) is 0 Å². The first-order valence-corrected chi connectivity index (χ1v) is 7.56. The molecule has 0 fully saturated rings. The van der Waals surface area contributed by atoms with Crippen LogP contribution in [0.15, 0.2) is 30.3 Å². The third-order valence-corrected chi connectivity index (χ3v) is 4.76. The van der Waals surface area contributed by atoms with E-state index in [-0.39, 0.29) is 5.91 Å². The fourth-order valence-corrected chi connectivity index (χ4v) is 3.59.